The number of aliphatic hydroxyl groups is 1. The van der Waals surface area contributed by atoms with Crippen molar-refractivity contribution in [2.75, 3.05) is 0 Å². The zero-order valence-corrected chi connectivity index (χ0v) is 15.5. The second kappa shape index (κ2) is 10.1. The van der Waals surface area contributed by atoms with Crippen LogP contribution in [-0.2, 0) is 9.59 Å². The van der Waals surface area contributed by atoms with Crippen molar-refractivity contribution in [2.45, 2.75) is 83.7 Å². The number of hydrogen-bond acceptors (Lipinski definition) is 3. The van der Waals surface area contributed by atoms with E-state index in [1.54, 1.807) is 6.08 Å². The molecule has 0 amide bonds. The van der Waals surface area contributed by atoms with Gasteiger partial charge in [0, 0.05) is 5.92 Å². The molecule has 0 unspecified atom stereocenters. The Bertz CT molecular complexity index is 471. The lowest BCUT2D eigenvalue weighted by molar-refractivity contribution is -0.138. The number of allylic oxidation sites excluding steroid dienone is 2. The fraction of sp³-hybridized carbons (Fsp3) is 0.810. The third-order valence-electron chi connectivity index (χ3n) is 5.94. The Morgan fingerprint density at radius 2 is 1.92 bits per heavy atom. The van der Waals surface area contributed by atoms with E-state index in [-0.39, 0.29) is 29.6 Å². The number of unbranched alkanes of at least 4 members (excludes halogenated alkanes) is 3. The number of carboxylic acid groups (broad SMARTS) is 1. The first-order valence-corrected chi connectivity index (χ1v) is 10.2. The van der Waals surface area contributed by atoms with Gasteiger partial charge in [-0.3, -0.25) is 9.59 Å². The maximum atomic E-state index is 12.1. The minimum atomic E-state index is -0.655. The quantitative estimate of drug-likeness (QED) is 0.484. The van der Waals surface area contributed by atoms with Crippen LogP contribution in [0, 0.1) is 23.7 Å². The van der Waals surface area contributed by atoms with Gasteiger partial charge in [-0.25, -0.2) is 0 Å². The monoisotopic (exact) mass is 350 g/mol. The summed E-state index contributed by atoms with van der Waals surface area (Å²) in [6.45, 7) is 2.16. The van der Waals surface area contributed by atoms with Gasteiger partial charge in [0.15, 0.2) is 5.78 Å². The van der Waals surface area contributed by atoms with Crippen molar-refractivity contribution >= 4 is 11.8 Å². The summed E-state index contributed by atoms with van der Waals surface area (Å²) in [6.07, 6.45) is 14.2. The molecule has 0 aliphatic heterocycles. The Labute approximate surface area is 151 Å². The zero-order chi connectivity index (χ0) is 18.2. The minimum absolute atomic E-state index is 0.0808. The smallest absolute Gasteiger partial charge is 0.306 e. The van der Waals surface area contributed by atoms with Crippen LogP contribution in [0.3, 0.4) is 0 Å². The molecule has 4 nitrogen and oxygen atoms in total. The van der Waals surface area contributed by atoms with Crippen molar-refractivity contribution in [2.24, 2.45) is 23.7 Å². The van der Waals surface area contributed by atoms with E-state index in [9.17, 15) is 14.7 Å². The summed E-state index contributed by atoms with van der Waals surface area (Å²) >= 11 is 0. The zero-order valence-electron chi connectivity index (χ0n) is 15.5. The topological polar surface area (TPSA) is 74.6 Å². The Hall–Kier alpha value is -1.16. The predicted molar refractivity (Wildman–Crippen MR) is 98.2 cm³/mol. The van der Waals surface area contributed by atoms with Gasteiger partial charge in [0.05, 0.1) is 12.0 Å². The van der Waals surface area contributed by atoms with E-state index >= 15 is 0 Å². The average molecular weight is 350 g/mol. The number of aliphatic hydroxyl groups excluding tert-OH is 1. The largest absolute Gasteiger partial charge is 0.481 e. The summed E-state index contributed by atoms with van der Waals surface area (Å²) in [5.41, 5.74) is 0. The Balaban J connectivity index is 1.61. The second-order valence-electron chi connectivity index (χ2n) is 7.98. The maximum absolute atomic E-state index is 12.1. The van der Waals surface area contributed by atoms with Gasteiger partial charge in [-0.1, -0.05) is 45.1 Å². The molecule has 2 N–H and O–H groups in total. The molecule has 2 aliphatic carbocycles. The van der Waals surface area contributed by atoms with E-state index in [1.807, 2.05) is 6.08 Å². The van der Waals surface area contributed by atoms with Crippen LogP contribution < -0.4 is 0 Å². The molecule has 2 aliphatic rings. The molecular weight excluding hydrogens is 316 g/mol. The van der Waals surface area contributed by atoms with Crippen LogP contribution in [-0.4, -0.2) is 28.1 Å². The van der Waals surface area contributed by atoms with Gasteiger partial charge in [-0.15, -0.1) is 0 Å². The van der Waals surface area contributed by atoms with E-state index < -0.39 is 5.97 Å². The molecule has 0 heterocycles. The van der Waals surface area contributed by atoms with Gasteiger partial charge in [0.1, 0.15) is 0 Å². The van der Waals surface area contributed by atoms with Gasteiger partial charge < -0.3 is 10.2 Å². The molecule has 0 aromatic rings. The van der Waals surface area contributed by atoms with Gasteiger partial charge in [-0.05, 0) is 56.4 Å². The van der Waals surface area contributed by atoms with Crippen LogP contribution in [0.15, 0.2) is 12.2 Å². The molecule has 2 rings (SSSR count). The van der Waals surface area contributed by atoms with Crippen LogP contribution >= 0.6 is 0 Å². The number of carbonyl (C=O) groups is 2. The molecule has 0 aromatic carbocycles. The summed E-state index contributed by atoms with van der Waals surface area (Å²) in [4.78, 5) is 22.9. The van der Waals surface area contributed by atoms with Crippen molar-refractivity contribution in [3.8, 4) is 0 Å². The normalized spacial score (nSPS) is 29.1. The van der Waals surface area contributed by atoms with Crippen LogP contribution in [0.25, 0.3) is 0 Å². The van der Waals surface area contributed by atoms with Gasteiger partial charge in [0.25, 0.3) is 0 Å². The molecule has 0 radical (unpaired) electrons. The number of aliphatic carboxylic acids is 1. The lowest BCUT2D eigenvalue weighted by atomic mass is 9.85. The summed E-state index contributed by atoms with van der Waals surface area (Å²) in [5, 5.41) is 19.0. The predicted octanol–water partition coefficient (Wildman–Crippen LogP) is 4.36. The van der Waals surface area contributed by atoms with E-state index in [4.69, 9.17) is 5.11 Å². The Morgan fingerprint density at radius 3 is 2.60 bits per heavy atom. The van der Waals surface area contributed by atoms with E-state index in [2.05, 4.69) is 6.92 Å². The molecule has 142 valence electrons. The fourth-order valence-corrected chi connectivity index (χ4v) is 4.14. The third kappa shape index (κ3) is 6.58. The first kappa shape index (κ1) is 20.2. The van der Waals surface area contributed by atoms with Crippen molar-refractivity contribution in [3.05, 3.63) is 12.2 Å². The molecule has 0 bridgehead atoms. The highest BCUT2D eigenvalue weighted by Gasteiger charge is 2.42. The van der Waals surface area contributed by atoms with Crippen molar-refractivity contribution in [3.63, 3.8) is 0 Å². The maximum Gasteiger partial charge on any atom is 0.306 e. The summed E-state index contributed by atoms with van der Waals surface area (Å²) in [5.74, 6) is 0.192. The number of carboxylic acids is 1. The molecule has 25 heavy (non-hydrogen) atoms. The molecule has 0 spiro atoms. The van der Waals surface area contributed by atoms with Crippen LogP contribution in [0.5, 0.6) is 0 Å². The number of ketones is 1. The van der Waals surface area contributed by atoms with Gasteiger partial charge in [-0.2, -0.15) is 0 Å². The van der Waals surface area contributed by atoms with Crippen LogP contribution in [0.2, 0.25) is 0 Å². The fourth-order valence-electron chi connectivity index (χ4n) is 4.14. The third-order valence-corrected chi connectivity index (χ3v) is 5.94. The molecule has 0 aromatic heterocycles. The first-order valence-electron chi connectivity index (χ1n) is 10.2. The summed E-state index contributed by atoms with van der Waals surface area (Å²) in [6, 6.07) is 0. The summed E-state index contributed by atoms with van der Waals surface area (Å²) < 4.78 is 0. The molecule has 1 fully saturated rings. The van der Waals surface area contributed by atoms with Gasteiger partial charge in [0.2, 0.25) is 0 Å². The standard InChI is InChI=1S/C21H34O4/c1-2-3-4-8-17(22)12-10-15-11-13-20(23)18(15)9-6-5-7-16-14-19(16)21(24)25/h11,13,15-19,22H,2-10,12,14H2,1H3,(H,24,25)/t15-,16+,17-,18+,19+/m0/s1. The number of rotatable bonds is 13. The minimum Gasteiger partial charge on any atom is -0.481 e. The highest BCUT2D eigenvalue weighted by Crippen LogP contribution is 2.42. The van der Waals surface area contributed by atoms with Crippen LogP contribution in [0.1, 0.15) is 77.6 Å². The SMILES string of the molecule is CCCCC[C@H](O)CC[C@H]1C=CC(=O)[C@@H]1CCCC[C@@H]1C[C@H]1C(=O)O. The lowest BCUT2D eigenvalue weighted by Crippen LogP contribution is -2.18. The number of hydrogen-bond donors (Lipinski definition) is 2. The Kier molecular flexibility index (Phi) is 8.14. The average Bonchev–Trinajstić information content (AvgIpc) is 3.28. The lowest BCUT2D eigenvalue weighted by Gasteiger charge is -2.19. The highest BCUT2D eigenvalue weighted by molar-refractivity contribution is 5.94. The Morgan fingerprint density at radius 1 is 1.16 bits per heavy atom. The molecule has 1 saturated carbocycles. The van der Waals surface area contributed by atoms with Crippen molar-refractivity contribution in [1.82, 2.24) is 0 Å². The van der Waals surface area contributed by atoms with E-state index in [0.29, 0.717) is 5.92 Å². The van der Waals surface area contributed by atoms with E-state index in [1.165, 1.54) is 12.8 Å². The van der Waals surface area contributed by atoms with Crippen molar-refractivity contribution in [1.29, 1.82) is 0 Å². The number of carbonyl (C=O) groups excluding carboxylic acids is 1. The molecule has 4 heteroatoms. The molecule has 0 saturated heterocycles. The summed E-state index contributed by atoms with van der Waals surface area (Å²) in [7, 11) is 0. The van der Waals surface area contributed by atoms with E-state index in [0.717, 1.165) is 57.8 Å². The first-order chi connectivity index (χ1) is 12.0. The molecular formula is C21H34O4. The highest BCUT2D eigenvalue weighted by atomic mass is 16.4. The molecule has 5 atom stereocenters. The van der Waals surface area contributed by atoms with Crippen LogP contribution in [0.4, 0.5) is 0 Å². The van der Waals surface area contributed by atoms with Crippen molar-refractivity contribution < 1.29 is 19.8 Å². The second-order valence-corrected chi connectivity index (χ2v) is 7.98. The van der Waals surface area contributed by atoms with Gasteiger partial charge >= 0.3 is 5.97 Å².